The second-order valence-corrected chi connectivity index (χ2v) is 6.99. The van der Waals surface area contributed by atoms with Gasteiger partial charge in [-0.05, 0) is 18.9 Å². The Kier molecular flexibility index (Phi) is 5.18. The van der Waals surface area contributed by atoms with Gasteiger partial charge in [0.25, 0.3) is 0 Å². The number of hydrogen-bond acceptors (Lipinski definition) is 4. The van der Waals surface area contributed by atoms with E-state index in [0.29, 0.717) is 32.2 Å². The van der Waals surface area contributed by atoms with Gasteiger partial charge >= 0.3 is 0 Å². The fourth-order valence-electron chi connectivity index (χ4n) is 2.30. The normalized spacial score (nSPS) is 15.1. The van der Waals surface area contributed by atoms with Gasteiger partial charge in [0.05, 0.1) is 17.9 Å². The van der Waals surface area contributed by atoms with Gasteiger partial charge in [-0.3, -0.25) is 14.7 Å². The Morgan fingerprint density at radius 1 is 1.35 bits per heavy atom. The Balaban J connectivity index is 1.83. The van der Waals surface area contributed by atoms with E-state index in [0.717, 1.165) is 17.1 Å². The van der Waals surface area contributed by atoms with Crippen molar-refractivity contribution in [2.24, 2.45) is 5.10 Å². The molecule has 0 unspecified atom stereocenters. The van der Waals surface area contributed by atoms with E-state index >= 15 is 0 Å². The minimum Gasteiger partial charge on any atom is -0.340 e. The van der Waals surface area contributed by atoms with Crippen LogP contribution in [-0.2, 0) is 21.5 Å². The van der Waals surface area contributed by atoms with Crippen LogP contribution >= 0.6 is 0 Å². The Morgan fingerprint density at radius 3 is 2.65 bits per heavy atom. The zero-order chi connectivity index (χ0) is 17.0. The van der Waals surface area contributed by atoms with Crippen LogP contribution in [0.15, 0.2) is 11.2 Å². The first-order chi connectivity index (χ1) is 10.8. The van der Waals surface area contributed by atoms with Crippen molar-refractivity contribution in [1.82, 2.24) is 20.5 Å². The number of aromatic amines is 1. The van der Waals surface area contributed by atoms with E-state index in [1.165, 1.54) is 0 Å². The van der Waals surface area contributed by atoms with E-state index < -0.39 is 0 Å². The fraction of sp³-hybridized carbons (Fsp3) is 0.625. The van der Waals surface area contributed by atoms with E-state index in [9.17, 15) is 9.59 Å². The molecule has 23 heavy (non-hydrogen) atoms. The molecule has 0 bridgehead atoms. The van der Waals surface area contributed by atoms with Crippen molar-refractivity contribution in [2.45, 2.75) is 58.4 Å². The lowest BCUT2D eigenvalue weighted by Gasteiger charge is -2.17. The Bertz CT molecular complexity index is 612. The molecule has 2 N–H and O–H groups in total. The summed E-state index contributed by atoms with van der Waals surface area (Å²) >= 11 is 0. The first kappa shape index (κ1) is 17.2. The molecule has 1 aliphatic heterocycles. The van der Waals surface area contributed by atoms with Gasteiger partial charge in [0.2, 0.25) is 11.8 Å². The summed E-state index contributed by atoms with van der Waals surface area (Å²) in [6.07, 6.45) is 2.07. The van der Waals surface area contributed by atoms with E-state index in [1.807, 2.05) is 6.07 Å². The highest BCUT2D eigenvalue weighted by atomic mass is 16.2. The molecule has 0 aromatic carbocycles. The van der Waals surface area contributed by atoms with Crippen LogP contribution in [0, 0.1) is 0 Å². The number of nitrogens with zero attached hydrogens (tertiary/aromatic N) is 3. The smallest absolute Gasteiger partial charge is 0.240 e. The summed E-state index contributed by atoms with van der Waals surface area (Å²) in [5.41, 5.74) is 5.23. The van der Waals surface area contributed by atoms with Gasteiger partial charge in [-0.1, -0.05) is 20.8 Å². The molecular weight excluding hydrogens is 294 g/mol. The van der Waals surface area contributed by atoms with Gasteiger partial charge < -0.3 is 4.90 Å². The molecule has 0 saturated carbocycles. The number of hydrazone groups is 1. The molecule has 1 aliphatic rings. The second-order valence-electron chi connectivity index (χ2n) is 6.99. The molecule has 7 heteroatoms. The lowest BCUT2D eigenvalue weighted by Crippen LogP contribution is -2.29. The zero-order valence-corrected chi connectivity index (χ0v) is 14.3. The summed E-state index contributed by atoms with van der Waals surface area (Å²) in [5, 5.41) is 11.3. The van der Waals surface area contributed by atoms with Crippen LogP contribution in [0.1, 0.15) is 57.8 Å². The van der Waals surface area contributed by atoms with Crippen LogP contribution in [0.2, 0.25) is 0 Å². The molecule has 0 aliphatic carbocycles. The Morgan fingerprint density at radius 2 is 2.09 bits per heavy atom. The van der Waals surface area contributed by atoms with Crippen LogP contribution in [0.25, 0.3) is 0 Å². The predicted molar refractivity (Wildman–Crippen MR) is 87.8 cm³/mol. The maximum Gasteiger partial charge on any atom is 0.240 e. The molecule has 0 saturated heterocycles. The molecule has 7 nitrogen and oxygen atoms in total. The maximum absolute atomic E-state index is 12.2. The number of carbonyl (C=O) groups excluding carboxylic acids is 2. The molecule has 0 radical (unpaired) electrons. The number of H-pyrrole nitrogens is 1. The SMILES string of the molecule is CN(Cc1cc(C(C)(C)C)n[nH]1)C(=O)CCC1=NNC(=O)CC1. The van der Waals surface area contributed by atoms with Crippen molar-refractivity contribution in [3.63, 3.8) is 0 Å². The van der Waals surface area contributed by atoms with E-state index in [1.54, 1.807) is 11.9 Å². The molecule has 126 valence electrons. The van der Waals surface area contributed by atoms with Crippen molar-refractivity contribution >= 4 is 17.5 Å². The van der Waals surface area contributed by atoms with Crippen LogP contribution in [0.4, 0.5) is 0 Å². The summed E-state index contributed by atoms with van der Waals surface area (Å²) in [5.74, 6) is -0.0115. The largest absolute Gasteiger partial charge is 0.340 e. The summed E-state index contributed by atoms with van der Waals surface area (Å²) in [6.45, 7) is 6.81. The molecule has 2 heterocycles. The van der Waals surface area contributed by atoms with E-state index in [2.05, 4.69) is 41.5 Å². The number of carbonyl (C=O) groups is 2. The lowest BCUT2D eigenvalue weighted by molar-refractivity contribution is -0.130. The minimum atomic E-state index is -0.0638. The molecule has 0 fully saturated rings. The monoisotopic (exact) mass is 319 g/mol. The molecular formula is C16H25N5O2. The molecule has 1 aromatic heterocycles. The average molecular weight is 319 g/mol. The highest BCUT2D eigenvalue weighted by Crippen LogP contribution is 2.20. The first-order valence-electron chi connectivity index (χ1n) is 7.88. The minimum absolute atomic E-state index is 0.0130. The number of nitrogens with one attached hydrogen (secondary N) is 2. The highest BCUT2D eigenvalue weighted by Gasteiger charge is 2.19. The van der Waals surface area contributed by atoms with Crippen LogP contribution in [0.5, 0.6) is 0 Å². The third-order valence-electron chi connectivity index (χ3n) is 3.84. The number of aromatic nitrogens is 2. The van der Waals surface area contributed by atoms with Crippen LogP contribution < -0.4 is 5.43 Å². The molecule has 0 atom stereocenters. The Labute approximate surface area is 136 Å². The standard InChI is InChI=1S/C16H25N5O2/c1-16(2,3)13-9-12(18-19-13)10-21(4)15(23)8-6-11-5-7-14(22)20-17-11/h9H,5-8,10H2,1-4H3,(H,18,19)(H,20,22). The predicted octanol–water partition coefficient (Wildman–Crippen LogP) is 1.71. The maximum atomic E-state index is 12.2. The van der Waals surface area contributed by atoms with Gasteiger partial charge in [0.1, 0.15) is 0 Å². The van der Waals surface area contributed by atoms with Gasteiger partial charge in [-0.25, -0.2) is 5.43 Å². The molecule has 1 aromatic rings. The van der Waals surface area contributed by atoms with Gasteiger partial charge in [0, 0.05) is 31.0 Å². The third-order valence-corrected chi connectivity index (χ3v) is 3.84. The van der Waals surface area contributed by atoms with Gasteiger partial charge in [-0.2, -0.15) is 10.2 Å². The quantitative estimate of drug-likeness (QED) is 0.865. The van der Waals surface area contributed by atoms with Crippen LogP contribution in [-0.4, -0.2) is 39.7 Å². The lowest BCUT2D eigenvalue weighted by atomic mass is 9.92. The Hall–Kier alpha value is -2.18. The third kappa shape index (κ3) is 4.91. The summed E-state index contributed by atoms with van der Waals surface area (Å²) < 4.78 is 0. The van der Waals surface area contributed by atoms with Gasteiger partial charge in [-0.15, -0.1) is 0 Å². The average Bonchev–Trinajstić information content (AvgIpc) is 2.95. The zero-order valence-electron chi connectivity index (χ0n) is 14.3. The first-order valence-corrected chi connectivity index (χ1v) is 7.88. The summed E-state index contributed by atoms with van der Waals surface area (Å²) in [4.78, 5) is 24.9. The van der Waals surface area contributed by atoms with E-state index in [4.69, 9.17) is 0 Å². The van der Waals surface area contributed by atoms with E-state index in [-0.39, 0.29) is 17.2 Å². The summed E-state index contributed by atoms with van der Waals surface area (Å²) in [6, 6.07) is 2.00. The van der Waals surface area contributed by atoms with Crippen molar-refractivity contribution in [2.75, 3.05) is 7.05 Å². The number of amides is 2. The number of rotatable bonds is 5. The molecule has 0 spiro atoms. The van der Waals surface area contributed by atoms with Crippen molar-refractivity contribution < 1.29 is 9.59 Å². The molecule has 2 amide bonds. The van der Waals surface area contributed by atoms with Crippen molar-refractivity contribution in [3.05, 3.63) is 17.5 Å². The summed E-state index contributed by atoms with van der Waals surface area (Å²) in [7, 11) is 1.78. The fourth-order valence-corrected chi connectivity index (χ4v) is 2.30. The molecule has 2 rings (SSSR count). The highest BCUT2D eigenvalue weighted by molar-refractivity contribution is 5.94. The van der Waals surface area contributed by atoms with Crippen molar-refractivity contribution in [1.29, 1.82) is 0 Å². The number of hydrogen-bond donors (Lipinski definition) is 2. The topological polar surface area (TPSA) is 90.4 Å². The van der Waals surface area contributed by atoms with Gasteiger partial charge in [0.15, 0.2) is 0 Å². The van der Waals surface area contributed by atoms with Crippen LogP contribution in [0.3, 0.4) is 0 Å². The van der Waals surface area contributed by atoms with Crippen molar-refractivity contribution in [3.8, 4) is 0 Å². The second kappa shape index (κ2) is 6.93.